The van der Waals surface area contributed by atoms with E-state index in [1.807, 2.05) is 72.2 Å². The number of carbonyl (C=O) groups is 4. The number of oxazole rings is 1. The van der Waals surface area contributed by atoms with Crippen molar-refractivity contribution in [2.45, 2.75) is 104 Å². The number of aromatic nitrogens is 1. The van der Waals surface area contributed by atoms with E-state index in [4.69, 9.17) is 4.42 Å². The predicted molar refractivity (Wildman–Crippen MR) is 191 cm³/mol. The first-order valence-corrected chi connectivity index (χ1v) is 18.0. The lowest BCUT2D eigenvalue weighted by atomic mass is 10.0. The highest BCUT2D eigenvalue weighted by atomic mass is 16.4. The van der Waals surface area contributed by atoms with Gasteiger partial charge in [-0.3, -0.25) is 19.2 Å². The Bertz CT molecular complexity index is 1470. The lowest BCUT2D eigenvalue weighted by molar-refractivity contribution is -0.137. The SMILES string of the molecule is CCCC(C)C(=O)N1CCC[C@H]1CC(=O)Nc1ccc(-c2cnc(-c3ccc(NC(=O)C[C@@H]4CCCN4C(=O)C(C)CCC)cc3)o2)cc1. The van der Waals surface area contributed by atoms with Crippen molar-refractivity contribution in [1.29, 1.82) is 0 Å². The molecule has 5 rings (SSSR count). The summed E-state index contributed by atoms with van der Waals surface area (Å²) < 4.78 is 6.06. The minimum Gasteiger partial charge on any atom is -0.436 e. The van der Waals surface area contributed by atoms with Gasteiger partial charge in [-0.2, -0.15) is 0 Å². The zero-order valence-electron chi connectivity index (χ0n) is 29.4. The van der Waals surface area contributed by atoms with Crippen LogP contribution in [0.3, 0.4) is 0 Å². The molecular formula is C39H51N5O5. The molecule has 1 aromatic heterocycles. The Hall–Kier alpha value is -4.47. The van der Waals surface area contributed by atoms with E-state index in [0.29, 0.717) is 29.4 Å². The predicted octanol–water partition coefficient (Wildman–Crippen LogP) is 7.52. The summed E-state index contributed by atoms with van der Waals surface area (Å²) in [6.45, 7) is 9.57. The van der Waals surface area contributed by atoms with Gasteiger partial charge in [0.15, 0.2) is 5.76 Å². The molecule has 2 aliphatic rings. The van der Waals surface area contributed by atoms with Gasteiger partial charge in [0.1, 0.15) is 0 Å². The highest BCUT2D eigenvalue weighted by Crippen LogP contribution is 2.29. The number of anilines is 2. The number of hydrogen-bond acceptors (Lipinski definition) is 6. The maximum atomic E-state index is 12.9. The van der Waals surface area contributed by atoms with E-state index in [9.17, 15) is 19.2 Å². The van der Waals surface area contributed by atoms with Gasteiger partial charge in [0, 0.05) is 72.4 Å². The molecule has 2 unspecified atom stereocenters. The van der Waals surface area contributed by atoms with Gasteiger partial charge in [-0.25, -0.2) is 4.98 Å². The molecule has 4 amide bonds. The summed E-state index contributed by atoms with van der Waals surface area (Å²) in [6.07, 6.45) is 9.47. The maximum absolute atomic E-state index is 12.9. The van der Waals surface area contributed by atoms with Crippen molar-refractivity contribution in [2.75, 3.05) is 23.7 Å². The van der Waals surface area contributed by atoms with Crippen molar-refractivity contribution >= 4 is 35.0 Å². The molecule has 262 valence electrons. The Balaban J connectivity index is 1.11. The molecule has 4 atom stereocenters. The van der Waals surface area contributed by atoms with Crippen LogP contribution in [0.25, 0.3) is 22.8 Å². The van der Waals surface area contributed by atoms with Gasteiger partial charge in [0.25, 0.3) is 0 Å². The van der Waals surface area contributed by atoms with Crippen molar-refractivity contribution in [2.24, 2.45) is 11.8 Å². The van der Waals surface area contributed by atoms with Crippen molar-refractivity contribution in [1.82, 2.24) is 14.8 Å². The summed E-state index contributed by atoms with van der Waals surface area (Å²) in [5, 5.41) is 5.95. The first-order valence-electron chi connectivity index (χ1n) is 18.0. The van der Waals surface area contributed by atoms with E-state index in [2.05, 4.69) is 29.5 Å². The number of hydrogen-bond donors (Lipinski definition) is 2. The molecular weight excluding hydrogens is 618 g/mol. The highest BCUT2D eigenvalue weighted by Gasteiger charge is 2.33. The first-order chi connectivity index (χ1) is 23.7. The summed E-state index contributed by atoms with van der Waals surface area (Å²) in [6, 6.07) is 14.7. The van der Waals surface area contributed by atoms with Crippen molar-refractivity contribution in [3.63, 3.8) is 0 Å². The topological polar surface area (TPSA) is 125 Å². The van der Waals surface area contributed by atoms with E-state index < -0.39 is 0 Å². The summed E-state index contributed by atoms with van der Waals surface area (Å²) in [5.74, 6) is 1.13. The van der Waals surface area contributed by atoms with Crippen LogP contribution in [0, 0.1) is 11.8 Å². The number of carbonyl (C=O) groups excluding carboxylic acids is 4. The summed E-state index contributed by atoms with van der Waals surface area (Å²) in [5.41, 5.74) is 2.95. The Morgan fingerprint density at radius 1 is 0.735 bits per heavy atom. The molecule has 0 bridgehead atoms. The van der Waals surface area contributed by atoms with Gasteiger partial charge < -0.3 is 24.9 Å². The van der Waals surface area contributed by atoms with Crippen LogP contribution in [0.2, 0.25) is 0 Å². The molecule has 0 saturated carbocycles. The Labute approximate surface area is 290 Å². The van der Waals surface area contributed by atoms with Gasteiger partial charge in [-0.05, 0) is 87.1 Å². The largest absolute Gasteiger partial charge is 0.436 e. The van der Waals surface area contributed by atoms with Crippen LogP contribution in [-0.2, 0) is 19.2 Å². The Morgan fingerprint density at radius 3 is 1.63 bits per heavy atom. The van der Waals surface area contributed by atoms with E-state index in [0.717, 1.165) is 75.6 Å². The summed E-state index contributed by atoms with van der Waals surface area (Å²) in [4.78, 5) is 59.7. The molecule has 3 aromatic rings. The minimum absolute atomic E-state index is 0.0121. The smallest absolute Gasteiger partial charge is 0.226 e. The number of benzene rings is 2. The molecule has 2 fully saturated rings. The fourth-order valence-corrected chi connectivity index (χ4v) is 7.16. The van der Waals surface area contributed by atoms with Gasteiger partial charge in [0.2, 0.25) is 29.5 Å². The third-order valence-corrected chi connectivity index (χ3v) is 9.82. The third-order valence-electron chi connectivity index (χ3n) is 9.82. The number of nitrogens with zero attached hydrogens (tertiary/aromatic N) is 3. The lowest BCUT2D eigenvalue weighted by Crippen LogP contribution is -2.40. The molecule has 3 heterocycles. The molecule has 2 N–H and O–H groups in total. The van der Waals surface area contributed by atoms with E-state index in [-0.39, 0.29) is 54.0 Å². The average molecular weight is 670 g/mol. The maximum Gasteiger partial charge on any atom is 0.226 e. The second-order valence-corrected chi connectivity index (χ2v) is 13.7. The van der Waals surface area contributed by atoms with Gasteiger partial charge in [0.05, 0.1) is 6.20 Å². The fourth-order valence-electron chi connectivity index (χ4n) is 7.16. The summed E-state index contributed by atoms with van der Waals surface area (Å²) in [7, 11) is 0. The zero-order valence-corrected chi connectivity index (χ0v) is 29.4. The summed E-state index contributed by atoms with van der Waals surface area (Å²) >= 11 is 0. The van der Waals surface area contributed by atoms with Gasteiger partial charge in [-0.1, -0.05) is 40.5 Å². The molecule has 0 spiro atoms. The molecule has 10 heteroatoms. The van der Waals surface area contributed by atoms with Crippen LogP contribution in [0.5, 0.6) is 0 Å². The van der Waals surface area contributed by atoms with Crippen LogP contribution in [0.4, 0.5) is 11.4 Å². The van der Waals surface area contributed by atoms with Gasteiger partial charge in [-0.15, -0.1) is 0 Å². The first kappa shape index (κ1) is 35.8. The van der Waals surface area contributed by atoms with Gasteiger partial charge >= 0.3 is 0 Å². The van der Waals surface area contributed by atoms with Crippen LogP contribution in [0.15, 0.2) is 59.1 Å². The van der Waals surface area contributed by atoms with Crippen LogP contribution in [0.1, 0.15) is 91.9 Å². The molecule has 0 radical (unpaired) electrons. The number of nitrogens with one attached hydrogen (secondary N) is 2. The Morgan fingerprint density at radius 2 is 1.18 bits per heavy atom. The second-order valence-electron chi connectivity index (χ2n) is 13.7. The normalized spacial score (nSPS) is 18.7. The molecule has 2 aliphatic heterocycles. The standard InChI is InChI=1S/C39H51N5O5/c1-5-9-26(3)38(47)43-21-7-11-32(43)23-35(45)41-30-17-13-28(14-18-30)34-25-40-37(49-34)29-15-19-31(20-16-29)42-36(46)24-33-12-8-22-44(33)39(48)27(4)10-6-2/h13-20,25-27,32-33H,5-12,21-24H2,1-4H3,(H,41,45)(H,42,46)/t26?,27?,32-,33-/m0/s1. The average Bonchev–Trinajstić information content (AvgIpc) is 3.87. The number of amides is 4. The van der Waals surface area contributed by atoms with Crippen molar-refractivity contribution in [3.8, 4) is 22.8 Å². The molecule has 0 aliphatic carbocycles. The Kier molecular flexibility index (Phi) is 12.3. The van der Waals surface area contributed by atoms with Crippen molar-refractivity contribution < 1.29 is 23.6 Å². The van der Waals surface area contributed by atoms with Crippen LogP contribution < -0.4 is 10.6 Å². The quantitative estimate of drug-likeness (QED) is 0.183. The molecule has 49 heavy (non-hydrogen) atoms. The van der Waals surface area contributed by atoms with Crippen LogP contribution >= 0.6 is 0 Å². The third kappa shape index (κ3) is 9.16. The fraction of sp³-hybridized carbons (Fsp3) is 0.513. The lowest BCUT2D eigenvalue weighted by Gasteiger charge is -2.27. The highest BCUT2D eigenvalue weighted by molar-refractivity contribution is 5.93. The number of rotatable bonds is 14. The number of likely N-dealkylation sites (tertiary alicyclic amines) is 2. The second kappa shape index (κ2) is 16.8. The molecule has 2 saturated heterocycles. The van der Waals surface area contributed by atoms with Crippen molar-refractivity contribution in [3.05, 3.63) is 54.7 Å². The minimum atomic E-state index is -0.105. The monoisotopic (exact) mass is 669 g/mol. The van der Waals surface area contributed by atoms with E-state index >= 15 is 0 Å². The molecule has 2 aromatic carbocycles. The van der Waals surface area contributed by atoms with E-state index in [1.165, 1.54) is 0 Å². The zero-order chi connectivity index (χ0) is 34.9. The molecule has 10 nitrogen and oxygen atoms in total. The van der Waals surface area contributed by atoms with Crippen LogP contribution in [-0.4, -0.2) is 63.6 Å². The van der Waals surface area contributed by atoms with E-state index in [1.54, 1.807) is 6.20 Å².